The molecule has 1 aliphatic carbocycles. The van der Waals surface area contributed by atoms with E-state index in [4.69, 9.17) is 9.47 Å². The molecule has 0 aliphatic heterocycles. The highest BCUT2D eigenvalue weighted by molar-refractivity contribution is 5.98. The van der Waals surface area contributed by atoms with Gasteiger partial charge < -0.3 is 9.47 Å². The number of ether oxygens (including phenoxy) is 2. The van der Waals surface area contributed by atoms with Crippen LogP contribution in [0.5, 0.6) is 0 Å². The van der Waals surface area contributed by atoms with Gasteiger partial charge >= 0.3 is 11.9 Å². The molecule has 0 atom stereocenters. The quantitative estimate of drug-likeness (QED) is 0.795. The number of carbonyl (C=O) groups is 2. The third-order valence-corrected chi connectivity index (χ3v) is 3.93. The van der Waals surface area contributed by atoms with Gasteiger partial charge in [0.2, 0.25) is 0 Å². The fourth-order valence-electron chi connectivity index (χ4n) is 2.97. The molecule has 2 rings (SSSR count). The molecule has 0 heterocycles. The van der Waals surface area contributed by atoms with Gasteiger partial charge in [-0.15, -0.1) is 0 Å². The summed E-state index contributed by atoms with van der Waals surface area (Å²) >= 11 is 0. The molecular weight excluding hydrogens is 256 g/mol. The second-order valence-electron chi connectivity index (χ2n) is 5.08. The van der Waals surface area contributed by atoms with Gasteiger partial charge in [-0.1, -0.05) is 25.3 Å². The molecule has 0 radical (unpaired) electrons. The first-order chi connectivity index (χ1) is 9.69. The van der Waals surface area contributed by atoms with Gasteiger partial charge in [-0.3, -0.25) is 0 Å². The van der Waals surface area contributed by atoms with Crippen molar-refractivity contribution in [3.05, 3.63) is 34.9 Å². The number of methoxy groups -OCH3 is 2. The molecule has 0 amide bonds. The zero-order valence-corrected chi connectivity index (χ0v) is 12.0. The predicted octanol–water partition coefficient (Wildman–Crippen LogP) is 3.31. The van der Waals surface area contributed by atoms with E-state index in [-0.39, 0.29) is 5.92 Å². The Morgan fingerprint density at radius 1 is 0.950 bits per heavy atom. The summed E-state index contributed by atoms with van der Waals surface area (Å²) in [6.45, 7) is 0. The molecule has 0 N–H and O–H groups in total. The zero-order valence-electron chi connectivity index (χ0n) is 12.0. The van der Waals surface area contributed by atoms with Crippen LogP contribution in [0.2, 0.25) is 0 Å². The predicted molar refractivity (Wildman–Crippen MR) is 74.9 cm³/mol. The minimum Gasteiger partial charge on any atom is -0.465 e. The third-order valence-electron chi connectivity index (χ3n) is 3.93. The van der Waals surface area contributed by atoms with E-state index in [1.54, 1.807) is 18.2 Å². The Kier molecular flexibility index (Phi) is 4.77. The first kappa shape index (κ1) is 14.6. The summed E-state index contributed by atoms with van der Waals surface area (Å²) < 4.78 is 9.69. The first-order valence-corrected chi connectivity index (χ1v) is 6.98. The second-order valence-corrected chi connectivity index (χ2v) is 5.08. The molecule has 1 aliphatic rings. The molecule has 1 aromatic rings. The number of hydrogen-bond acceptors (Lipinski definition) is 4. The Morgan fingerprint density at radius 2 is 1.45 bits per heavy atom. The van der Waals surface area contributed by atoms with E-state index in [1.807, 2.05) is 0 Å². The molecular formula is C16H20O4. The Balaban J connectivity index is 2.51. The summed E-state index contributed by atoms with van der Waals surface area (Å²) in [6, 6.07) is 5.15. The lowest BCUT2D eigenvalue weighted by Crippen LogP contribution is -2.17. The van der Waals surface area contributed by atoms with Crippen LogP contribution in [0.3, 0.4) is 0 Å². The van der Waals surface area contributed by atoms with E-state index >= 15 is 0 Å². The van der Waals surface area contributed by atoms with Crippen molar-refractivity contribution >= 4 is 11.9 Å². The second kappa shape index (κ2) is 6.55. The van der Waals surface area contributed by atoms with Gasteiger partial charge in [-0.2, -0.15) is 0 Å². The SMILES string of the molecule is COC(=O)c1cccc(C(=O)OC)c1C1CCCCC1. The average Bonchev–Trinajstić information content (AvgIpc) is 2.53. The number of rotatable bonds is 3. The first-order valence-electron chi connectivity index (χ1n) is 6.98. The monoisotopic (exact) mass is 276 g/mol. The van der Waals surface area contributed by atoms with E-state index in [1.165, 1.54) is 20.6 Å². The van der Waals surface area contributed by atoms with E-state index < -0.39 is 11.9 Å². The summed E-state index contributed by atoms with van der Waals surface area (Å²) in [6.07, 6.45) is 5.46. The van der Waals surface area contributed by atoms with Crippen molar-refractivity contribution in [2.45, 2.75) is 38.0 Å². The maximum absolute atomic E-state index is 12.0. The van der Waals surface area contributed by atoms with Crippen molar-refractivity contribution in [2.75, 3.05) is 14.2 Å². The molecule has 0 spiro atoms. The Bertz CT molecular complexity index is 467. The van der Waals surface area contributed by atoms with Crippen LogP contribution in [0.15, 0.2) is 18.2 Å². The molecule has 1 saturated carbocycles. The van der Waals surface area contributed by atoms with Crippen LogP contribution in [-0.2, 0) is 9.47 Å². The van der Waals surface area contributed by atoms with Crippen LogP contribution in [-0.4, -0.2) is 26.2 Å². The number of esters is 2. The van der Waals surface area contributed by atoms with Crippen LogP contribution < -0.4 is 0 Å². The maximum Gasteiger partial charge on any atom is 0.338 e. The average molecular weight is 276 g/mol. The van der Waals surface area contributed by atoms with Gasteiger partial charge in [0, 0.05) is 0 Å². The lowest BCUT2D eigenvalue weighted by atomic mass is 9.80. The van der Waals surface area contributed by atoms with Crippen LogP contribution >= 0.6 is 0 Å². The molecule has 20 heavy (non-hydrogen) atoms. The van der Waals surface area contributed by atoms with Crippen LogP contribution in [0.1, 0.15) is 64.3 Å². The van der Waals surface area contributed by atoms with E-state index in [2.05, 4.69) is 0 Å². The Labute approximate surface area is 119 Å². The summed E-state index contributed by atoms with van der Waals surface area (Å²) in [5.74, 6) is -0.555. The smallest absolute Gasteiger partial charge is 0.338 e. The molecule has 108 valence electrons. The molecule has 1 fully saturated rings. The minimum atomic E-state index is -0.392. The number of benzene rings is 1. The molecule has 0 saturated heterocycles. The van der Waals surface area contributed by atoms with Crippen molar-refractivity contribution in [1.82, 2.24) is 0 Å². The molecule has 0 aromatic heterocycles. The van der Waals surface area contributed by atoms with Gasteiger partial charge in [0.05, 0.1) is 25.3 Å². The lowest BCUT2D eigenvalue weighted by molar-refractivity contribution is 0.0595. The van der Waals surface area contributed by atoms with Gasteiger partial charge in [0.1, 0.15) is 0 Å². The maximum atomic E-state index is 12.0. The topological polar surface area (TPSA) is 52.6 Å². The Hall–Kier alpha value is -1.84. The summed E-state index contributed by atoms with van der Waals surface area (Å²) in [5, 5.41) is 0. The molecule has 0 unspecified atom stereocenters. The van der Waals surface area contributed by atoms with Crippen molar-refractivity contribution in [3.8, 4) is 0 Å². The summed E-state index contributed by atoms with van der Waals surface area (Å²) in [7, 11) is 2.72. The number of hydrogen-bond donors (Lipinski definition) is 0. The minimum absolute atomic E-state index is 0.230. The highest BCUT2D eigenvalue weighted by Gasteiger charge is 2.27. The largest absolute Gasteiger partial charge is 0.465 e. The normalized spacial score (nSPS) is 15.7. The highest BCUT2D eigenvalue weighted by Crippen LogP contribution is 2.36. The molecule has 0 bridgehead atoms. The fraction of sp³-hybridized carbons (Fsp3) is 0.500. The van der Waals surface area contributed by atoms with Crippen LogP contribution in [0.25, 0.3) is 0 Å². The van der Waals surface area contributed by atoms with Crippen molar-refractivity contribution in [2.24, 2.45) is 0 Å². The van der Waals surface area contributed by atoms with E-state index in [0.29, 0.717) is 11.1 Å². The van der Waals surface area contributed by atoms with Crippen molar-refractivity contribution in [3.63, 3.8) is 0 Å². The summed E-state index contributed by atoms with van der Waals surface area (Å²) in [4.78, 5) is 23.9. The highest BCUT2D eigenvalue weighted by atomic mass is 16.5. The van der Waals surface area contributed by atoms with Crippen molar-refractivity contribution < 1.29 is 19.1 Å². The summed E-state index contributed by atoms with van der Waals surface area (Å²) in [5.41, 5.74) is 1.77. The van der Waals surface area contributed by atoms with Crippen LogP contribution in [0.4, 0.5) is 0 Å². The molecule has 4 heteroatoms. The van der Waals surface area contributed by atoms with Gasteiger partial charge in [-0.25, -0.2) is 9.59 Å². The molecule has 4 nitrogen and oxygen atoms in total. The number of carbonyl (C=O) groups excluding carboxylic acids is 2. The van der Waals surface area contributed by atoms with Gasteiger partial charge in [-0.05, 0) is 36.5 Å². The molecule has 1 aromatic carbocycles. The van der Waals surface area contributed by atoms with Gasteiger partial charge in [0.15, 0.2) is 0 Å². The van der Waals surface area contributed by atoms with E-state index in [0.717, 1.165) is 31.2 Å². The van der Waals surface area contributed by atoms with Crippen LogP contribution in [0, 0.1) is 0 Å². The van der Waals surface area contributed by atoms with E-state index in [9.17, 15) is 9.59 Å². The standard InChI is InChI=1S/C16H20O4/c1-19-15(17)12-9-6-10-13(16(18)20-2)14(12)11-7-4-3-5-8-11/h6,9-11H,3-5,7-8H2,1-2H3. The fourth-order valence-corrected chi connectivity index (χ4v) is 2.97. The lowest BCUT2D eigenvalue weighted by Gasteiger charge is -2.25. The third kappa shape index (κ3) is 2.84. The van der Waals surface area contributed by atoms with Gasteiger partial charge in [0.25, 0.3) is 0 Å². The zero-order chi connectivity index (χ0) is 14.5. The van der Waals surface area contributed by atoms with Crippen molar-refractivity contribution in [1.29, 1.82) is 0 Å². The Morgan fingerprint density at radius 3 is 1.90 bits per heavy atom.